The number of halogens is 2. The third-order valence-electron chi connectivity index (χ3n) is 6.64. The number of hydrogen-bond acceptors (Lipinski definition) is 9. The van der Waals surface area contributed by atoms with E-state index in [0.717, 1.165) is 5.56 Å². The number of hydrogen-bond donors (Lipinski definition) is 1. The van der Waals surface area contributed by atoms with Crippen molar-refractivity contribution >= 4 is 27.3 Å². The van der Waals surface area contributed by atoms with E-state index in [1.807, 2.05) is 21.8 Å². The van der Waals surface area contributed by atoms with Crippen molar-refractivity contribution in [2.75, 3.05) is 18.1 Å². The molecule has 1 saturated heterocycles. The number of pyridine rings is 1. The Balaban J connectivity index is 1.44. The highest BCUT2D eigenvalue weighted by Crippen LogP contribution is 2.38. The molecule has 1 amide bonds. The Kier molecular flexibility index (Phi) is 9.32. The zero-order valence-electron chi connectivity index (χ0n) is 23.1. The van der Waals surface area contributed by atoms with E-state index in [4.69, 9.17) is 19.5 Å². The second kappa shape index (κ2) is 13.5. The van der Waals surface area contributed by atoms with Crippen LogP contribution in [0.5, 0.6) is 11.5 Å². The standard InChI is InChI=1S/C31H26F2N4O6S/c32-31(33)43-28-11-10-25(16-29(28)42-26-12-14-41-20-26)37(19-22-4-2-13-35-18-22)24-8-6-23(7-9-24)30(38)36-44(39,40)27-5-1-3-21(15-27)17-34/h1-11,13,15-16,18,26,31H,12,14,19-20H2,(H,36,38)/t26-/m1/s1. The molecule has 4 aromatic rings. The topological polar surface area (TPSA) is 131 Å². The Bertz CT molecular complexity index is 1760. The zero-order chi connectivity index (χ0) is 31.1. The van der Waals surface area contributed by atoms with Crippen molar-refractivity contribution in [1.29, 1.82) is 5.26 Å². The van der Waals surface area contributed by atoms with E-state index in [1.54, 1.807) is 42.7 Å². The summed E-state index contributed by atoms with van der Waals surface area (Å²) in [5.41, 5.74) is 2.21. The van der Waals surface area contributed by atoms with Gasteiger partial charge in [0.15, 0.2) is 11.5 Å². The molecule has 44 heavy (non-hydrogen) atoms. The molecule has 0 radical (unpaired) electrons. The van der Waals surface area contributed by atoms with Crippen LogP contribution < -0.4 is 19.1 Å². The van der Waals surface area contributed by atoms with E-state index < -0.39 is 22.5 Å². The van der Waals surface area contributed by atoms with E-state index >= 15 is 0 Å². The lowest BCUT2D eigenvalue weighted by atomic mass is 10.1. The maximum absolute atomic E-state index is 13.2. The molecule has 0 spiro atoms. The number of carbonyl (C=O) groups excluding carboxylic acids is 1. The number of nitrogens with one attached hydrogen (secondary N) is 1. The number of aromatic nitrogens is 1. The molecule has 0 unspecified atom stereocenters. The average Bonchev–Trinajstić information content (AvgIpc) is 3.54. The van der Waals surface area contributed by atoms with Gasteiger partial charge in [-0.2, -0.15) is 14.0 Å². The van der Waals surface area contributed by atoms with Crippen LogP contribution in [0.1, 0.15) is 27.9 Å². The number of nitrogens with zero attached hydrogens (tertiary/aromatic N) is 3. The molecule has 10 nitrogen and oxygen atoms in total. The largest absolute Gasteiger partial charge is 0.484 e. The number of nitriles is 1. The first-order valence-corrected chi connectivity index (χ1v) is 14.9. The first kappa shape index (κ1) is 30.4. The maximum atomic E-state index is 13.2. The van der Waals surface area contributed by atoms with Gasteiger partial charge < -0.3 is 19.1 Å². The summed E-state index contributed by atoms with van der Waals surface area (Å²) in [6.45, 7) is -1.92. The number of anilines is 2. The van der Waals surface area contributed by atoms with Gasteiger partial charge in [0.1, 0.15) is 6.10 Å². The molecule has 5 rings (SSSR count). The van der Waals surface area contributed by atoms with Crippen LogP contribution in [0.15, 0.2) is 96.2 Å². The molecule has 1 atom stereocenters. The summed E-state index contributed by atoms with van der Waals surface area (Å²) in [5, 5.41) is 9.07. The Hall–Kier alpha value is -5.06. The molecule has 1 fully saturated rings. The molecule has 2 heterocycles. The first-order valence-electron chi connectivity index (χ1n) is 13.4. The Morgan fingerprint density at radius 2 is 1.86 bits per heavy atom. The minimum atomic E-state index is -4.23. The van der Waals surface area contributed by atoms with Crippen LogP contribution in [0.25, 0.3) is 0 Å². The molecule has 226 valence electrons. The molecular weight excluding hydrogens is 594 g/mol. The zero-order valence-corrected chi connectivity index (χ0v) is 23.9. The summed E-state index contributed by atoms with van der Waals surface area (Å²) in [6, 6.07) is 21.6. The van der Waals surface area contributed by atoms with Gasteiger partial charge in [-0.25, -0.2) is 13.1 Å². The molecular formula is C31H26F2N4O6S. The fourth-order valence-electron chi connectivity index (χ4n) is 4.51. The summed E-state index contributed by atoms with van der Waals surface area (Å²) in [5.74, 6) is -0.859. The number of ether oxygens (including phenoxy) is 3. The Morgan fingerprint density at radius 1 is 1.07 bits per heavy atom. The van der Waals surface area contributed by atoms with Crippen LogP contribution in [0, 0.1) is 11.3 Å². The summed E-state index contributed by atoms with van der Waals surface area (Å²) in [7, 11) is -4.23. The number of amides is 1. The molecule has 13 heteroatoms. The highest BCUT2D eigenvalue weighted by Gasteiger charge is 2.23. The average molecular weight is 621 g/mol. The van der Waals surface area contributed by atoms with Crippen LogP contribution in [0.4, 0.5) is 20.2 Å². The van der Waals surface area contributed by atoms with Crippen LogP contribution >= 0.6 is 0 Å². The lowest BCUT2D eigenvalue weighted by molar-refractivity contribution is -0.0520. The number of alkyl halides is 2. The highest BCUT2D eigenvalue weighted by molar-refractivity contribution is 7.90. The van der Waals surface area contributed by atoms with Crippen molar-refractivity contribution in [3.8, 4) is 17.6 Å². The predicted molar refractivity (Wildman–Crippen MR) is 155 cm³/mol. The molecule has 3 aromatic carbocycles. The van der Waals surface area contributed by atoms with Crippen molar-refractivity contribution in [1.82, 2.24) is 9.71 Å². The van der Waals surface area contributed by atoms with Crippen LogP contribution in [-0.2, 0) is 21.3 Å². The fourth-order valence-corrected chi connectivity index (χ4v) is 5.53. The third-order valence-corrected chi connectivity index (χ3v) is 7.97. The lowest BCUT2D eigenvalue weighted by Gasteiger charge is -2.27. The van der Waals surface area contributed by atoms with E-state index in [0.29, 0.717) is 37.6 Å². The van der Waals surface area contributed by atoms with Crippen LogP contribution in [0.2, 0.25) is 0 Å². The van der Waals surface area contributed by atoms with Gasteiger partial charge in [0.05, 0.1) is 29.7 Å². The van der Waals surface area contributed by atoms with Crippen molar-refractivity contribution in [3.63, 3.8) is 0 Å². The predicted octanol–water partition coefficient (Wildman–Crippen LogP) is 5.18. The second-order valence-electron chi connectivity index (χ2n) is 9.68. The Morgan fingerprint density at radius 3 is 2.55 bits per heavy atom. The summed E-state index contributed by atoms with van der Waals surface area (Å²) in [6.07, 6.45) is 3.59. The van der Waals surface area contributed by atoms with Crippen molar-refractivity contribution in [2.45, 2.75) is 30.6 Å². The molecule has 1 aromatic heterocycles. The van der Waals surface area contributed by atoms with E-state index in [-0.39, 0.29) is 33.6 Å². The molecule has 1 aliphatic rings. The van der Waals surface area contributed by atoms with Crippen molar-refractivity contribution < 1.29 is 36.2 Å². The van der Waals surface area contributed by atoms with Gasteiger partial charge >= 0.3 is 6.61 Å². The van der Waals surface area contributed by atoms with Crippen molar-refractivity contribution in [3.05, 3.63) is 108 Å². The van der Waals surface area contributed by atoms with Gasteiger partial charge in [0.25, 0.3) is 15.9 Å². The number of benzene rings is 3. The minimum Gasteiger partial charge on any atom is -0.484 e. The van der Waals surface area contributed by atoms with Gasteiger partial charge in [-0.3, -0.25) is 9.78 Å². The normalized spacial score (nSPS) is 14.5. The van der Waals surface area contributed by atoms with Crippen LogP contribution in [-0.4, -0.2) is 45.2 Å². The monoisotopic (exact) mass is 620 g/mol. The summed E-state index contributed by atoms with van der Waals surface area (Å²) in [4.78, 5) is 18.7. The van der Waals surface area contributed by atoms with Gasteiger partial charge in [-0.05, 0) is 66.2 Å². The number of rotatable bonds is 11. The number of sulfonamides is 1. The lowest BCUT2D eigenvalue weighted by Crippen LogP contribution is -2.30. The SMILES string of the molecule is N#Cc1cccc(S(=O)(=O)NC(=O)c2ccc(N(Cc3cccnc3)c3ccc(OC(F)F)c(O[C@@H]4CCOC4)c3)cc2)c1. The Labute approximate surface area is 252 Å². The van der Waals surface area contributed by atoms with Gasteiger partial charge in [-0.1, -0.05) is 12.1 Å². The smallest absolute Gasteiger partial charge is 0.387 e. The molecule has 1 aliphatic heterocycles. The minimum absolute atomic E-state index is 0.0704. The van der Waals surface area contributed by atoms with E-state index in [2.05, 4.69) is 4.98 Å². The molecule has 0 saturated carbocycles. The molecule has 0 bridgehead atoms. The van der Waals surface area contributed by atoms with Gasteiger partial charge in [-0.15, -0.1) is 0 Å². The second-order valence-corrected chi connectivity index (χ2v) is 11.4. The molecule has 1 N–H and O–H groups in total. The number of carbonyl (C=O) groups is 1. The molecule has 0 aliphatic carbocycles. The quantitative estimate of drug-likeness (QED) is 0.241. The highest BCUT2D eigenvalue weighted by atomic mass is 32.2. The third kappa shape index (κ3) is 7.47. The summed E-state index contributed by atoms with van der Waals surface area (Å²) < 4.78 is 69.9. The maximum Gasteiger partial charge on any atom is 0.387 e. The van der Waals surface area contributed by atoms with E-state index in [9.17, 15) is 22.0 Å². The van der Waals surface area contributed by atoms with Gasteiger partial charge in [0.2, 0.25) is 0 Å². The van der Waals surface area contributed by atoms with Crippen LogP contribution in [0.3, 0.4) is 0 Å². The fraction of sp³-hybridized carbons (Fsp3) is 0.194. The summed E-state index contributed by atoms with van der Waals surface area (Å²) >= 11 is 0. The van der Waals surface area contributed by atoms with E-state index in [1.165, 1.54) is 42.5 Å². The van der Waals surface area contributed by atoms with Crippen molar-refractivity contribution in [2.24, 2.45) is 0 Å². The first-order chi connectivity index (χ1) is 21.2. The van der Waals surface area contributed by atoms with Gasteiger partial charge in [0, 0.05) is 48.4 Å².